The summed E-state index contributed by atoms with van der Waals surface area (Å²) in [6.07, 6.45) is -1.98. The van der Waals surface area contributed by atoms with Gasteiger partial charge in [-0.15, -0.1) is 0 Å². The van der Waals surface area contributed by atoms with Gasteiger partial charge < -0.3 is 4.90 Å². The summed E-state index contributed by atoms with van der Waals surface area (Å²) in [4.78, 5) is 8.57. The summed E-state index contributed by atoms with van der Waals surface area (Å²) in [6.45, 7) is 2.17. The third-order valence-corrected chi connectivity index (χ3v) is 2.02. The molecule has 0 saturated carbocycles. The van der Waals surface area contributed by atoms with Crippen molar-refractivity contribution >= 4 is 5.82 Å². The minimum Gasteiger partial charge on any atom is -0.344 e. The predicted octanol–water partition coefficient (Wildman–Crippen LogP) is 2.13. The average Bonchev–Trinajstić information content (AvgIpc) is 2.25. The molecular weight excluding hydrogens is 233 g/mol. The Morgan fingerprint density at radius 2 is 2.00 bits per heavy atom. The van der Waals surface area contributed by atoms with E-state index in [2.05, 4.69) is 9.97 Å². The Bertz CT molecular complexity index is 405. The predicted molar refractivity (Wildman–Crippen MR) is 55.3 cm³/mol. The van der Waals surface area contributed by atoms with Crippen molar-refractivity contribution in [3.63, 3.8) is 0 Å². The van der Waals surface area contributed by atoms with Gasteiger partial charge in [0.1, 0.15) is 18.4 Å². The first-order valence-corrected chi connectivity index (χ1v) is 4.89. The van der Waals surface area contributed by atoms with E-state index in [1.54, 1.807) is 19.9 Å². The summed E-state index contributed by atoms with van der Waals surface area (Å²) in [5, 5.41) is 8.52. The number of aromatic nitrogens is 2. The normalized spacial score (nSPS) is 11.4. The van der Waals surface area contributed by atoms with Crippen LogP contribution in [0.25, 0.3) is 0 Å². The van der Waals surface area contributed by atoms with Crippen LogP contribution in [0.3, 0.4) is 0 Å². The molecule has 0 amide bonds. The highest BCUT2D eigenvalue weighted by Gasteiger charge is 2.32. The van der Waals surface area contributed by atoms with Crippen LogP contribution >= 0.6 is 0 Å². The van der Waals surface area contributed by atoms with Crippen LogP contribution in [0.15, 0.2) is 12.4 Å². The SMILES string of the molecule is CC(C)N(CC(F)(F)F)c1cnc(C#N)cn1. The fourth-order valence-corrected chi connectivity index (χ4v) is 1.25. The largest absolute Gasteiger partial charge is 0.405 e. The molecule has 4 nitrogen and oxygen atoms in total. The fourth-order valence-electron chi connectivity index (χ4n) is 1.25. The van der Waals surface area contributed by atoms with E-state index in [4.69, 9.17) is 5.26 Å². The first kappa shape index (κ1) is 13.2. The number of nitrogens with zero attached hydrogens (tertiary/aromatic N) is 4. The van der Waals surface area contributed by atoms with Gasteiger partial charge in [0.2, 0.25) is 0 Å². The molecule has 0 bridgehead atoms. The second-order valence-electron chi connectivity index (χ2n) is 3.71. The molecule has 1 aromatic heterocycles. The molecule has 0 unspecified atom stereocenters. The zero-order valence-electron chi connectivity index (χ0n) is 9.36. The van der Waals surface area contributed by atoms with Crippen LogP contribution < -0.4 is 4.90 Å². The van der Waals surface area contributed by atoms with Crippen molar-refractivity contribution in [2.75, 3.05) is 11.4 Å². The van der Waals surface area contributed by atoms with Crippen LogP contribution in [0, 0.1) is 11.3 Å². The summed E-state index contributed by atoms with van der Waals surface area (Å²) in [5.74, 6) is 0.108. The van der Waals surface area contributed by atoms with Gasteiger partial charge in [-0.1, -0.05) is 0 Å². The van der Waals surface area contributed by atoms with E-state index < -0.39 is 12.7 Å². The van der Waals surface area contributed by atoms with Crippen molar-refractivity contribution in [2.24, 2.45) is 0 Å². The third-order valence-electron chi connectivity index (χ3n) is 2.02. The van der Waals surface area contributed by atoms with Crippen molar-refractivity contribution in [1.29, 1.82) is 5.26 Å². The highest BCUT2D eigenvalue weighted by atomic mass is 19.4. The maximum Gasteiger partial charge on any atom is 0.405 e. The van der Waals surface area contributed by atoms with Gasteiger partial charge in [0.25, 0.3) is 0 Å². The molecule has 0 atom stereocenters. The van der Waals surface area contributed by atoms with Gasteiger partial charge in [-0.2, -0.15) is 18.4 Å². The number of hydrogen-bond donors (Lipinski definition) is 0. The number of nitriles is 1. The average molecular weight is 244 g/mol. The molecule has 1 rings (SSSR count). The second kappa shape index (κ2) is 4.99. The van der Waals surface area contributed by atoms with Crippen LogP contribution in [0.4, 0.5) is 19.0 Å². The molecule has 0 saturated heterocycles. The maximum absolute atomic E-state index is 12.4. The summed E-state index contributed by atoms with van der Waals surface area (Å²) in [7, 11) is 0. The van der Waals surface area contributed by atoms with Gasteiger partial charge in [0.05, 0.1) is 12.4 Å². The van der Waals surface area contributed by atoms with Crippen LogP contribution in [0.2, 0.25) is 0 Å². The lowest BCUT2D eigenvalue weighted by atomic mass is 10.3. The van der Waals surface area contributed by atoms with E-state index in [1.807, 2.05) is 0 Å². The van der Waals surface area contributed by atoms with E-state index in [0.717, 1.165) is 11.1 Å². The van der Waals surface area contributed by atoms with Crippen LogP contribution in [0.1, 0.15) is 19.5 Å². The maximum atomic E-state index is 12.4. The monoisotopic (exact) mass is 244 g/mol. The molecule has 1 aromatic rings. The smallest absolute Gasteiger partial charge is 0.344 e. The lowest BCUT2D eigenvalue weighted by Crippen LogP contribution is -2.39. The molecule has 1 heterocycles. The minimum absolute atomic E-state index is 0.0736. The molecule has 0 aliphatic heterocycles. The third kappa shape index (κ3) is 3.90. The van der Waals surface area contributed by atoms with Gasteiger partial charge in [-0.05, 0) is 13.8 Å². The van der Waals surface area contributed by atoms with E-state index >= 15 is 0 Å². The van der Waals surface area contributed by atoms with Crippen molar-refractivity contribution in [3.8, 4) is 6.07 Å². The quantitative estimate of drug-likeness (QED) is 0.817. The molecule has 0 aliphatic rings. The Morgan fingerprint density at radius 1 is 1.35 bits per heavy atom. The zero-order valence-corrected chi connectivity index (χ0v) is 9.36. The Hall–Kier alpha value is -1.84. The first-order valence-electron chi connectivity index (χ1n) is 4.89. The summed E-state index contributed by atoms with van der Waals surface area (Å²) in [6, 6.07) is 1.39. The molecule has 0 spiro atoms. The molecule has 0 radical (unpaired) electrons. The van der Waals surface area contributed by atoms with E-state index in [0.29, 0.717) is 0 Å². The zero-order chi connectivity index (χ0) is 13.1. The molecule has 0 aromatic carbocycles. The number of alkyl halides is 3. The van der Waals surface area contributed by atoms with E-state index in [9.17, 15) is 13.2 Å². The molecule has 0 N–H and O–H groups in total. The van der Waals surface area contributed by atoms with E-state index in [-0.39, 0.29) is 17.6 Å². The van der Waals surface area contributed by atoms with Crippen molar-refractivity contribution < 1.29 is 13.2 Å². The van der Waals surface area contributed by atoms with Gasteiger partial charge in [0.15, 0.2) is 5.69 Å². The van der Waals surface area contributed by atoms with Crippen molar-refractivity contribution in [2.45, 2.75) is 26.1 Å². The number of anilines is 1. The van der Waals surface area contributed by atoms with Gasteiger partial charge >= 0.3 is 6.18 Å². The van der Waals surface area contributed by atoms with Crippen molar-refractivity contribution in [3.05, 3.63) is 18.1 Å². The number of rotatable bonds is 3. The fraction of sp³-hybridized carbons (Fsp3) is 0.500. The van der Waals surface area contributed by atoms with Crippen LogP contribution in [-0.2, 0) is 0 Å². The van der Waals surface area contributed by atoms with Crippen LogP contribution in [0.5, 0.6) is 0 Å². The highest BCUT2D eigenvalue weighted by molar-refractivity contribution is 5.38. The number of hydrogen-bond acceptors (Lipinski definition) is 4. The topological polar surface area (TPSA) is 52.8 Å². The number of halogens is 3. The summed E-state index contributed by atoms with van der Waals surface area (Å²) >= 11 is 0. The Labute approximate surface area is 96.7 Å². The molecule has 0 fully saturated rings. The summed E-state index contributed by atoms with van der Waals surface area (Å²) in [5.41, 5.74) is 0.0736. The lowest BCUT2D eigenvalue weighted by molar-refractivity contribution is -0.120. The summed E-state index contributed by atoms with van der Waals surface area (Å²) < 4.78 is 37.1. The molecular formula is C10H11F3N4. The Balaban J connectivity index is 2.94. The molecule has 7 heteroatoms. The van der Waals surface area contributed by atoms with Gasteiger partial charge in [0, 0.05) is 6.04 Å². The highest BCUT2D eigenvalue weighted by Crippen LogP contribution is 2.21. The minimum atomic E-state index is -4.31. The van der Waals surface area contributed by atoms with Gasteiger partial charge in [-0.3, -0.25) is 0 Å². The second-order valence-corrected chi connectivity index (χ2v) is 3.71. The lowest BCUT2D eigenvalue weighted by Gasteiger charge is -2.28. The standard InChI is InChI=1S/C10H11F3N4/c1-7(2)17(6-10(11,12)13)9-5-15-8(3-14)4-16-9/h4-5,7H,6H2,1-2H3. The molecule has 92 valence electrons. The molecule has 17 heavy (non-hydrogen) atoms. The Kier molecular flexibility index (Phi) is 3.89. The first-order chi connectivity index (χ1) is 7.83. The Morgan fingerprint density at radius 3 is 2.35 bits per heavy atom. The van der Waals surface area contributed by atoms with Crippen LogP contribution in [-0.4, -0.2) is 28.7 Å². The van der Waals surface area contributed by atoms with E-state index in [1.165, 1.54) is 6.20 Å². The van der Waals surface area contributed by atoms with Crippen molar-refractivity contribution in [1.82, 2.24) is 9.97 Å². The van der Waals surface area contributed by atoms with Gasteiger partial charge in [-0.25, -0.2) is 9.97 Å². The molecule has 0 aliphatic carbocycles.